The van der Waals surface area contributed by atoms with Gasteiger partial charge in [-0.15, -0.1) is 0 Å². The van der Waals surface area contributed by atoms with Crippen LogP contribution in [0.15, 0.2) is 60.7 Å². The van der Waals surface area contributed by atoms with Crippen molar-refractivity contribution in [2.75, 3.05) is 24.6 Å². The summed E-state index contributed by atoms with van der Waals surface area (Å²) in [4.78, 5) is 28.1. The molecule has 11 heteroatoms. The number of carbonyl (C=O) groups excluding carboxylic acids is 2. The van der Waals surface area contributed by atoms with Gasteiger partial charge in [-0.05, 0) is 30.4 Å². The summed E-state index contributed by atoms with van der Waals surface area (Å²) in [6, 6.07) is 15.8. The van der Waals surface area contributed by atoms with Gasteiger partial charge in [0.05, 0.1) is 19.4 Å². The van der Waals surface area contributed by atoms with Crippen LogP contribution >= 0.6 is 0 Å². The largest absolute Gasteiger partial charge is 0.496 e. The van der Waals surface area contributed by atoms with Gasteiger partial charge >= 0.3 is 5.97 Å². The van der Waals surface area contributed by atoms with Crippen molar-refractivity contribution in [2.45, 2.75) is 31.8 Å². The molecular formula is C27H30N4O6S. The highest BCUT2D eigenvalue weighted by Gasteiger charge is 2.44. The summed E-state index contributed by atoms with van der Waals surface area (Å²) in [5.41, 5.74) is 7.19. The van der Waals surface area contributed by atoms with Gasteiger partial charge in [0.2, 0.25) is 5.91 Å². The van der Waals surface area contributed by atoms with Gasteiger partial charge in [0.15, 0.2) is 0 Å². The molecule has 3 aromatic carbocycles. The number of nitrogens with one attached hydrogen (secondary N) is 1. The summed E-state index contributed by atoms with van der Waals surface area (Å²) in [7, 11) is 1.52. The van der Waals surface area contributed by atoms with Crippen molar-refractivity contribution < 1.29 is 27.8 Å². The van der Waals surface area contributed by atoms with E-state index in [9.17, 15) is 18.4 Å². The third-order valence-electron chi connectivity index (χ3n) is 6.57. The fourth-order valence-corrected chi connectivity index (χ4v) is 5.45. The first-order valence-electron chi connectivity index (χ1n) is 12.1. The molecule has 4 rings (SSSR count). The second-order valence-electron chi connectivity index (χ2n) is 8.84. The van der Waals surface area contributed by atoms with Gasteiger partial charge in [0.25, 0.3) is 11.3 Å². The molecule has 0 aromatic heterocycles. The molecule has 0 aliphatic carbocycles. The minimum absolute atomic E-state index is 0.0709. The highest BCUT2D eigenvalue weighted by molar-refractivity contribution is 7.80. The number of esters is 1. The Kier molecular flexibility index (Phi) is 8.28. The number of amidine groups is 1. The van der Waals surface area contributed by atoms with Crippen LogP contribution < -0.4 is 14.8 Å². The Labute approximate surface area is 223 Å². The Balaban J connectivity index is 1.65. The Morgan fingerprint density at radius 2 is 1.95 bits per heavy atom. The van der Waals surface area contributed by atoms with Crippen molar-refractivity contribution in [3.8, 4) is 5.75 Å². The smallest absolute Gasteiger partial charge is 0.329 e. The average molecular weight is 539 g/mol. The number of rotatable bonds is 10. The van der Waals surface area contributed by atoms with Crippen LogP contribution in [0.1, 0.15) is 24.5 Å². The zero-order valence-electron chi connectivity index (χ0n) is 21.1. The van der Waals surface area contributed by atoms with Crippen molar-refractivity contribution in [2.24, 2.45) is 5.73 Å². The summed E-state index contributed by atoms with van der Waals surface area (Å²) >= 11 is -2.52. The van der Waals surface area contributed by atoms with Gasteiger partial charge in [-0.25, -0.2) is 9.00 Å². The molecule has 10 nitrogen and oxygen atoms in total. The number of anilines is 1. The summed E-state index contributed by atoms with van der Waals surface area (Å²) in [6.07, 6.45) is 0.418. The van der Waals surface area contributed by atoms with E-state index in [1.165, 1.54) is 12.0 Å². The lowest BCUT2D eigenvalue weighted by Crippen LogP contribution is -2.49. The first-order chi connectivity index (χ1) is 18.2. The number of amides is 1. The van der Waals surface area contributed by atoms with E-state index in [2.05, 4.69) is 0 Å². The number of nitrogen functional groups attached to an aromatic ring is 1. The maximum absolute atomic E-state index is 13.7. The van der Waals surface area contributed by atoms with Crippen LogP contribution in [-0.4, -0.2) is 63.7 Å². The lowest BCUT2D eigenvalue weighted by Gasteiger charge is -2.29. The van der Waals surface area contributed by atoms with Gasteiger partial charge in [-0.2, -0.15) is 0 Å². The lowest BCUT2D eigenvalue weighted by atomic mass is 10.0. The normalized spacial score (nSPS) is 16.8. The monoisotopic (exact) mass is 538 g/mol. The van der Waals surface area contributed by atoms with E-state index in [0.29, 0.717) is 17.0 Å². The second-order valence-corrected chi connectivity index (χ2v) is 9.70. The fourth-order valence-electron chi connectivity index (χ4n) is 4.75. The van der Waals surface area contributed by atoms with Crippen molar-refractivity contribution in [1.29, 1.82) is 5.41 Å². The number of fused-ring (bicyclic) bond motifs is 1. The van der Waals surface area contributed by atoms with Gasteiger partial charge in [0, 0.05) is 30.0 Å². The van der Waals surface area contributed by atoms with Crippen molar-refractivity contribution in [3.63, 3.8) is 0 Å². The molecule has 1 saturated heterocycles. The molecule has 0 bridgehead atoms. The Morgan fingerprint density at radius 3 is 2.58 bits per heavy atom. The number of nitrogens with two attached hydrogens (primary N) is 1. The summed E-state index contributed by atoms with van der Waals surface area (Å²) < 4.78 is 34.8. The quantitative estimate of drug-likeness (QED) is 0.156. The molecule has 1 aliphatic heterocycles. The highest BCUT2D eigenvalue weighted by Crippen LogP contribution is 2.35. The third-order valence-corrected chi connectivity index (χ3v) is 7.38. The van der Waals surface area contributed by atoms with Crippen molar-refractivity contribution in [1.82, 2.24) is 4.90 Å². The number of ether oxygens (including phenoxy) is 2. The maximum Gasteiger partial charge on any atom is 0.329 e. The summed E-state index contributed by atoms with van der Waals surface area (Å²) in [5.74, 6) is -0.563. The van der Waals surface area contributed by atoms with E-state index in [-0.39, 0.29) is 31.8 Å². The van der Waals surface area contributed by atoms with Crippen LogP contribution in [0.4, 0.5) is 5.69 Å². The van der Waals surface area contributed by atoms with Crippen LogP contribution in [0.5, 0.6) is 5.75 Å². The van der Waals surface area contributed by atoms with E-state index in [0.717, 1.165) is 20.6 Å². The number of nitrogens with zero attached hydrogens (tertiary/aromatic N) is 2. The van der Waals surface area contributed by atoms with E-state index in [1.807, 2.05) is 24.3 Å². The van der Waals surface area contributed by atoms with E-state index in [4.69, 9.17) is 20.6 Å². The molecule has 1 amide bonds. The number of benzene rings is 3. The predicted molar refractivity (Wildman–Crippen MR) is 145 cm³/mol. The molecule has 1 aliphatic rings. The number of methoxy groups -OCH3 is 1. The van der Waals surface area contributed by atoms with E-state index in [1.54, 1.807) is 43.3 Å². The first-order valence-corrected chi connectivity index (χ1v) is 13.2. The number of carbonyl (C=O) groups is 2. The zero-order chi connectivity index (χ0) is 27.4. The molecule has 4 N–H and O–H groups in total. The minimum atomic E-state index is -2.52. The molecular weight excluding hydrogens is 508 g/mol. The molecule has 1 heterocycles. The van der Waals surface area contributed by atoms with E-state index < -0.39 is 35.2 Å². The van der Waals surface area contributed by atoms with Gasteiger partial charge in [0.1, 0.15) is 23.7 Å². The third kappa shape index (κ3) is 5.48. The Bertz CT molecular complexity index is 1380. The number of hydrogen-bond acceptors (Lipinski definition) is 6. The van der Waals surface area contributed by atoms with Crippen LogP contribution in [0.25, 0.3) is 10.8 Å². The Morgan fingerprint density at radius 1 is 1.24 bits per heavy atom. The SMILES string of the molecule is CCOC(=O)C(Cc1ccc(C(=N)N)cc1)N1CCC(N(c2cc(OC)c3ccccc3c2)S(=O)O)C1=O. The van der Waals surface area contributed by atoms with Gasteiger partial charge in [-0.1, -0.05) is 48.5 Å². The molecule has 1 fully saturated rings. The predicted octanol–water partition coefficient (Wildman–Crippen LogP) is 2.85. The molecule has 3 atom stereocenters. The molecule has 3 aromatic rings. The fraction of sp³-hybridized carbons (Fsp3) is 0.296. The lowest BCUT2D eigenvalue weighted by molar-refractivity contribution is -0.153. The van der Waals surface area contributed by atoms with Gasteiger partial charge < -0.3 is 20.1 Å². The average Bonchev–Trinajstić information content (AvgIpc) is 3.27. The Hall–Kier alpha value is -3.96. The molecule has 0 spiro atoms. The number of likely N-dealkylation sites (tertiary alicyclic amines) is 1. The first kappa shape index (κ1) is 27.1. The van der Waals surface area contributed by atoms with Crippen molar-refractivity contribution in [3.05, 3.63) is 71.8 Å². The van der Waals surface area contributed by atoms with Crippen LogP contribution in [0, 0.1) is 5.41 Å². The molecule has 200 valence electrons. The minimum Gasteiger partial charge on any atom is -0.496 e. The summed E-state index contributed by atoms with van der Waals surface area (Å²) in [6.45, 7) is 2.04. The van der Waals surface area contributed by atoms with Crippen LogP contribution in [0.2, 0.25) is 0 Å². The van der Waals surface area contributed by atoms with Gasteiger partial charge in [-0.3, -0.25) is 19.1 Å². The topological polar surface area (TPSA) is 146 Å². The molecule has 3 unspecified atom stereocenters. The molecule has 38 heavy (non-hydrogen) atoms. The van der Waals surface area contributed by atoms with Crippen molar-refractivity contribution >= 4 is 45.4 Å². The maximum atomic E-state index is 13.7. The second kappa shape index (κ2) is 11.6. The standard InChI is InChI=1S/C27H30N4O6S/c1-3-37-27(33)23(14-17-8-10-18(11-9-17)25(28)29)30-13-12-22(26(30)32)31(38(34)35)20-15-19-6-4-5-7-21(19)24(16-20)36-2/h4-11,15-16,22-23H,3,12-14H2,1-2H3,(H3,28,29)(H,34,35). The van der Waals surface area contributed by atoms with Crippen LogP contribution in [-0.2, 0) is 32.0 Å². The highest BCUT2D eigenvalue weighted by atomic mass is 32.2. The van der Waals surface area contributed by atoms with E-state index >= 15 is 0 Å². The number of hydrogen-bond donors (Lipinski definition) is 3. The summed E-state index contributed by atoms with van der Waals surface area (Å²) in [5, 5.41) is 9.19. The zero-order valence-corrected chi connectivity index (χ0v) is 21.9. The molecule has 0 saturated carbocycles. The van der Waals surface area contributed by atoms with Crippen LogP contribution in [0.3, 0.4) is 0 Å². The molecule has 0 radical (unpaired) electrons.